The molecule has 4 aliphatic carbocycles. The number of nitrogens with two attached hydrogens (primary N) is 1. The normalized spacial score (nSPS) is 56.2. The highest BCUT2D eigenvalue weighted by Crippen LogP contribution is 2.64. The van der Waals surface area contributed by atoms with Gasteiger partial charge in [-0.15, -0.1) is 0 Å². The summed E-state index contributed by atoms with van der Waals surface area (Å²) in [4.78, 5) is 0. The SMILES string of the molecule is CC12CCC3C(CC=C4C[C@@H](O)CC[C@@]43C)C1CCC2N. The lowest BCUT2D eigenvalue weighted by molar-refractivity contribution is -0.0401. The van der Waals surface area contributed by atoms with Crippen LogP contribution in [0.2, 0.25) is 0 Å². The first-order valence-corrected chi connectivity index (χ1v) is 9.08. The van der Waals surface area contributed by atoms with Crippen LogP contribution in [0.1, 0.15) is 65.2 Å². The minimum absolute atomic E-state index is 0.0883. The van der Waals surface area contributed by atoms with Crippen LogP contribution < -0.4 is 5.73 Å². The van der Waals surface area contributed by atoms with Gasteiger partial charge in [0, 0.05) is 6.04 Å². The van der Waals surface area contributed by atoms with Gasteiger partial charge in [0.15, 0.2) is 0 Å². The Bertz CT molecular complexity index is 472. The third kappa shape index (κ3) is 1.84. The van der Waals surface area contributed by atoms with Crippen molar-refractivity contribution in [2.75, 3.05) is 0 Å². The number of aliphatic hydroxyl groups excluding tert-OH is 1. The van der Waals surface area contributed by atoms with E-state index in [4.69, 9.17) is 5.73 Å². The minimum Gasteiger partial charge on any atom is -0.393 e. The number of allylic oxidation sites excluding steroid dienone is 1. The van der Waals surface area contributed by atoms with Gasteiger partial charge >= 0.3 is 0 Å². The summed E-state index contributed by atoms with van der Waals surface area (Å²) >= 11 is 0. The number of hydrogen-bond acceptors (Lipinski definition) is 2. The summed E-state index contributed by atoms with van der Waals surface area (Å²) in [5.74, 6) is 2.53. The van der Waals surface area contributed by atoms with Gasteiger partial charge in [-0.1, -0.05) is 25.5 Å². The number of hydrogen-bond donors (Lipinski definition) is 2. The monoisotopic (exact) mass is 289 g/mol. The van der Waals surface area contributed by atoms with Crippen LogP contribution in [0.25, 0.3) is 0 Å². The molecule has 0 saturated heterocycles. The highest BCUT2D eigenvalue weighted by atomic mass is 16.3. The van der Waals surface area contributed by atoms with Crippen molar-refractivity contribution >= 4 is 0 Å². The summed E-state index contributed by atoms with van der Waals surface area (Å²) in [6.07, 6.45) is 12.1. The average molecular weight is 289 g/mol. The van der Waals surface area contributed by atoms with Crippen LogP contribution in [0.5, 0.6) is 0 Å². The Labute approximate surface area is 129 Å². The molecule has 3 fully saturated rings. The van der Waals surface area contributed by atoms with Crippen molar-refractivity contribution in [1.82, 2.24) is 0 Å². The third-order valence-electron chi connectivity index (χ3n) is 8.15. The smallest absolute Gasteiger partial charge is 0.0577 e. The molecule has 0 bridgehead atoms. The van der Waals surface area contributed by atoms with E-state index >= 15 is 0 Å². The lowest BCUT2D eigenvalue weighted by Crippen LogP contribution is -2.52. The molecule has 2 nitrogen and oxygen atoms in total. The Kier molecular flexibility index (Phi) is 3.11. The van der Waals surface area contributed by atoms with Crippen LogP contribution in [0.15, 0.2) is 11.6 Å². The molecule has 0 aromatic heterocycles. The zero-order valence-electron chi connectivity index (χ0n) is 13.6. The fourth-order valence-electron chi connectivity index (χ4n) is 6.68. The maximum atomic E-state index is 10.0. The molecular weight excluding hydrogens is 258 g/mol. The van der Waals surface area contributed by atoms with E-state index in [1.165, 1.54) is 38.5 Å². The molecule has 0 heterocycles. The third-order valence-corrected chi connectivity index (χ3v) is 8.15. The van der Waals surface area contributed by atoms with Gasteiger partial charge in [-0.3, -0.25) is 0 Å². The van der Waals surface area contributed by atoms with Crippen molar-refractivity contribution < 1.29 is 5.11 Å². The van der Waals surface area contributed by atoms with Crippen LogP contribution in [0.4, 0.5) is 0 Å². The maximum absolute atomic E-state index is 10.0. The number of aliphatic hydroxyl groups is 1. The molecule has 4 aliphatic rings. The van der Waals surface area contributed by atoms with Gasteiger partial charge in [0.25, 0.3) is 0 Å². The van der Waals surface area contributed by atoms with Crippen molar-refractivity contribution in [2.24, 2.45) is 34.3 Å². The van der Waals surface area contributed by atoms with Crippen LogP contribution in [0.3, 0.4) is 0 Å². The maximum Gasteiger partial charge on any atom is 0.0577 e. The fourth-order valence-corrected chi connectivity index (χ4v) is 6.68. The second kappa shape index (κ2) is 4.58. The molecule has 0 radical (unpaired) electrons. The molecule has 0 spiro atoms. The topological polar surface area (TPSA) is 46.2 Å². The molecule has 0 amide bonds. The highest BCUT2D eigenvalue weighted by Gasteiger charge is 2.57. The Morgan fingerprint density at radius 2 is 1.90 bits per heavy atom. The first-order chi connectivity index (χ1) is 9.95. The van der Waals surface area contributed by atoms with E-state index in [1.807, 2.05) is 0 Å². The first kappa shape index (κ1) is 14.3. The Hall–Kier alpha value is -0.340. The minimum atomic E-state index is -0.0883. The van der Waals surface area contributed by atoms with Crippen molar-refractivity contribution in [1.29, 1.82) is 0 Å². The van der Waals surface area contributed by atoms with Gasteiger partial charge in [-0.25, -0.2) is 0 Å². The molecular formula is C19H31NO. The van der Waals surface area contributed by atoms with E-state index in [9.17, 15) is 5.11 Å². The van der Waals surface area contributed by atoms with Gasteiger partial charge in [0.2, 0.25) is 0 Å². The summed E-state index contributed by atoms with van der Waals surface area (Å²) in [7, 11) is 0. The van der Waals surface area contributed by atoms with Crippen molar-refractivity contribution in [3.8, 4) is 0 Å². The highest BCUT2D eigenvalue weighted by molar-refractivity contribution is 5.25. The summed E-state index contributed by atoms with van der Waals surface area (Å²) < 4.78 is 0. The zero-order valence-corrected chi connectivity index (χ0v) is 13.6. The Morgan fingerprint density at radius 1 is 1.10 bits per heavy atom. The molecule has 21 heavy (non-hydrogen) atoms. The zero-order chi connectivity index (χ0) is 14.8. The molecule has 4 rings (SSSR count). The number of fused-ring (bicyclic) bond motifs is 5. The largest absolute Gasteiger partial charge is 0.393 e. The first-order valence-electron chi connectivity index (χ1n) is 9.08. The Morgan fingerprint density at radius 3 is 2.71 bits per heavy atom. The van der Waals surface area contributed by atoms with Gasteiger partial charge in [0.05, 0.1) is 6.10 Å². The summed E-state index contributed by atoms with van der Waals surface area (Å²) in [5, 5.41) is 10.0. The summed E-state index contributed by atoms with van der Waals surface area (Å²) in [6, 6.07) is 0.426. The van der Waals surface area contributed by atoms with E-state index in [-0.39, 0.29) is 6.10 Å². The molecule has 0 aliphatic heterocycles. The van der Waals surface area contributed by atoms with Gasteiger partial charge in [-0.2, -0.15) is 0 Å². The predicted octanol–water partition coefficient (Wildman–Crippen LogP) is 3.64. The number of rotatable bonds is 0. The second-order valence-electron chi connectivity index (χ2n) is 8.88. The fraction of sp³-hybridized carbons (Fsp3) is 0.895. The molecule has 0 aromatic rings. The molecule has 3 saturated carbocycles. The van der Waals surface area contributed by atoms with E-state index in [2.05, 4.69) is 19.9 Å². The van der Waals surface area contributed by atoms with E-state index < -0.39 is 0 Å². The lowest BCUT2D eigenvalue weighted by atomic mass is 9.48. The molecule has 3 N–H and O–H groups in total. The van der Waals surface area contributed by atoms with Crippen LogP contribution in [-0.4, -0.2) is 17.3 Å². The average Bonchev–Trinajstić information content (AvgIpc) is 2.76. The van der Waals surface area contributed by atoms with Crippen LogP contribution in [-0.2, 0) is 0 Å². The van der Waals surface area contributed by atoms with E-state index in [0.717, 1.165) is 30.6 Å². The quantitative estimate of drug-likeness (QED) is 0.669. The molecule has 5 unspecified atom stereocenters. The molecule has 118 valence electrons. The molecule has 7 atom stereocenters. The lowest BCUT2D eigenvalue weighted by Gasteiger charge is -2.57. The van der Waals surface area contributed by atoms with Gasteiger partial charge < -0.3 is 10.8 Å². The van der Waals surface area contributed by atoms with Gasteiger partial charge in [-0.05, 0) is 80.0 Å². The van der Waals surface area contributed by atoms with Crippen LogP contribution >= 0.6 is 0 Å². The standard InChI is InChI=1S/C19H31NO/c1-18-9-7-13(21)11-12(18)3-4-14-15-5-6-17(20)19(15,2)10-8-16(14)18/h3,13-17,21H,4-11,20H2,1-2H3/t13-,14?,15?,16?,17?,18-,19?/m0/s1. The van der Waals surface area contributed by atoms with E-state index in [1.54, 1.807) is 5.57 Å². The van der Waals surface area contributed by atoms with Crippen molar-refractivity contribution in [3.63, 3.8) is 0 Å². The van der Waals surface area contributed by atoms with Crippen molar-refractivity contribution in [2.45, 2.75) is 77.4 Å². The molecule has 2 heteroatoms. The Balaban J connectivity index is 1.68. The summed E-state index contributed by atoms with van der Waals surface area (Å²) in [6.45, 7) is 4.97. The molecule has 0 aromatic carbocycles. The second-order valence-corrected chi connectivity index (χ2v) is 8.88. The van der Waals surface area contributed by atoms with Crippen LogP contribution in [0, 0.1) is 28.6 Å². The van der Waals surface area contributed by atoms with E-state index in [0.29, 0.717) is 16.9 Å². The van der Waals surface area contributed by atoms with Crippen molar-refractivity contribution in [3.05, 3.63) is 11.6 Å². The summed E-state index contributed by atoms with van der Waals surface area (Å²) in [5.41, 5.74) is 8.83. The predicted molar refractivity (Wildman–Crippen MR) is 85.7 cm³/mol. The van der Waals surface area contributed by atoms with Gasteiger partial charge in [0.1, 0.15) is 0 Å².